The number of ether oxygens (including phenoxy) is 2. The van der Waals surface area contributed by atoms with Crippen molar-refractivity contribution >= 4 is 15.9 Å². The Labute approximate surface area is 180 Å². The fraction of sp³-hybridized carbons (Fsp3) is 0.591. The van der Waals surface area contributed by atoms with Gasteiger partial charge >= 0.3 is 0 Å². The molecule has 0 spiro atoms. The van der Waals surface area contributed by atoms with Gasteiger partial charge in [0.2, 0.25) is 15.9 Å². The van der Waals surface area contributed by atoms with Gasteiger partial charge in [-0.25, -0.2) is 13.1 Å². The molecule has 1 saturated carbocycles. The maximum Gasteiger partial charge on any atom is 0.238 e. The lowest BCUT2D eigenvalue weighted by Gasteiger charge is -2.34. The van der Waals surface area contributed by atoms with Crippen LogP contribution in [0.3, 0.4) is 0 Å². The summed E-state index contributed by atoms with van der Waals surface area (Å²) in [5.41, 5.74) is 1.04. The molecule has 0 unspecified atom stereocenters. The smallest absolute Gasteiger partial charge is 0.238 e. The summed E-state index contributed by atoms with van der Waals surface area (Å²) in [6.07, 6.45) is 10.1. The van der Waals surface area contributed by atoms with Crippen LogP contribution in [-0.2, 0) is 14.8 Å². The van der Waals surface area contributed by atoms with Crippen molar-refractivity contribution in [1.82, 2.24) is 10.0 Å². The average molecular weight is 437 g/mol. The minimum Gasteiger partial charge on any atom is -0.493 e. The molecule has 0 aliphatic heterocycles. The van der Waals surface area contributed by atoms with E-state index < -0.39 is 16.1 Å². The summed E-state index contributed by atoms with van der Waals surface area (Å²) in [6, 6.07) is 4.84. The van der Waals surface area contributed by atoms with Crippen LogP contribution in [0.15, 0.2) is 18.2 Å². The third-order valence-electron chi connectivity index (χ3n) is 5.31. The SMILES string of the molecule is C#CCOc1ccc([C@H]2CCCC[C@@H]2NC(=O)[C@@H](NS(C)(=O)=O)C(C)C)cc1OC. The number of benzene rings is 1. The zero-order valence-corrected chi connectivity index (χ0v) is 18.9. The highest BCUT2D eigenvalue weighted by atomic mass is 32.2. The van der Waals surface area contributed by atoms with Gasteiger partial charge in [0.05, 0.1) is 13.4 Å². The lowest BCUT2D eigenvalue weighted by molar-refractivity contribution is -0.124. The molecule has 2 rings (SSSR count). The maximum absolute atomic E-state index is 12.9. The minimum absolute atomic E-state index is 0.0870. The van der Waals surface area contributed by atoms with Crippen LogP contribution in [0, 0.1) is 18.3 Å². The first kappa shape index (κ1) is 24.0. The van der Waals surface area contributed by atoms with E-state index in [-0.39, 0.29) is 30.4 Å². The van der Waals surface area contributed by atoms with Gasteiger partial charge in [-0.15, -0.1) is 6.42 Å². The maximum atomic E-state index is 12.9. The van der Waals surface area contributed by atoms with E-state index in [1.165, 1.54) is 0 Å². The molecule has 0 radical (unpaired) electrons. The first-order chi connectivity index (χ1) is 14.2. The van der Waals surface area contributed by atoms with Gasteiger partial charge in [-0.3, -0.25) is 4.79 Å². The van der Waals surface area contributed by atoms with Crippen molar-refractivity contribution in [2.24, 2.45) is 5.92 Å². The van der Waals surface area contributed by atoms with Crippen LogP contribution in [0.4, 0.5) is 0 Å². The molecule has 30 heavy (non-hydrogen) atoms. The molecule has 1 aliphatic rings. The first-order valence-corrected chi connectivity index (χ1v) is 12.1. The molecule has 1 fully saturated rings. The minimum atomic E-state index is -3.50. The Morgan fingerprint density at radius 2 is 1.97 bits per heavy atom. The summed E-state index contributed by atoms with van der Waals surface area (Å²) >= 11 is 0. The van der Waals surface area contributed by atoms with Gasteiger partial charge in [0.1, 0.15) is 12.6 Å². The molecule has 166 valence electrons. The van der Waals surface area contributed by atoms with E-state index in [1.807, 2.05) is 32.0 Å². The van der Waals surface area contributed by atoms with E-state index in [9.17, 15) is 13.2 Å². The standard InChI is InChI=1S/C22H32N2O5S/c1-6-13-29-19-12-11-16(14-20(19)28-4)17-9-7-8-10-18(17)23-22(25)21(15(2)3)24-30(5,26)27/h1,11-12,14-15,17-18,21,24H,7-10,13H2,2-5H3,(H,23,25)/t17-,18+,21+/m1/s1. The Bertz CT molecular complexity index is 876. The number of hydrogen-bond acceptors (Lipinski definition) is 5. The predicted octanol–water partition coefficient (Wildman–Crippen LogP) is 2.42. The van der Waals surface area contributed by atoms with Crippen molar-refractivity contribution in [2.75, 3.05) is 20.0 Å². The molecule has 0 bridgehead atoms. The second-order valence-electron chi connectivity index (χ2n) is 8.02. The average Bonchev–Trinajstić information content (AvgIpc) is 2.70. The summed E-state index contributed by atoms with van der Waals surface area (Å²) in [7, 11) is -1.92. The van der Waals surface area contributed by atoms with Crippen molar-refractivity contribution in [3.63, 3.8) is 0 Å². The van der Waals surface area contributed by atoms with Crippen molar-refractivity contribution in [1.29, 1.82) is 0 Å². The summed E-state index contributed by atoms with van der Waals surface area (Å²) < 4.78 is 36.8. The van der Waals surface area contributed by atoms with Gasteiger partial charge in [0.25, 0.3) is 0 Å². The normalized spacial score (nSPS) is 20.3. The predicted molar refractivity (Wildman–Crippen MR) is 117 cm³/mol. The molecule has 1 aromatic rings. The molecule has 0 heterocycles. The van der Waals surface area contributed by atoms with Crippen molar-refractivity contribution in [2.45, 2.75) is 57.5 Å². The van der Waals surface area contributed by atoms with E-state index in [0.717, 1.165) is 37.5 Å². The summed E-state index contributed by atoms with van der Waals surface area (Å²) in [4.78, 5) is 12.9. The number of amides is 1. The van der Waals surface area contributed by atoms with E-state index in [2.05, 4.69) is 16.0 Å². The number of carbonyl (C=O) groups is 1. The van der Waals surface area contributed by atoms with Crippen LogP contribution in [0.1, 0.15) is 51.0 Å². The van der Waals surface area contributed by atoms with Crippen LogP contribution < -0.4 is 19.5 Å². The highest BCUT2D eigenvalue weighted by molar-refractivity contribution is 7.88. The van der Waals surface area contributed by atoms with Crippen LogP contribution in [0.5, 0.6) is 11.5 Å². The van der Waals surface area contributed by atoms with Crippen LogP contribution >= 0.6 is 0 Å². The van der Waals surface area contributed by atoms with E-state index >= 15 is 0 Å². The number of nitrogens with one attached hydrogen (secondary N) is 2. The van der Waals surface area contributed by atoms with Crippen LogP contribution in [0.2, 0.25) is 0 Å². The summed E-state index contributed by atoms with van der Waals surface area (Å²) in [5, 5.41) is 3.09. The molecule has 7 nitrogen and oxygen atoms in total. The summed E-state index contributed by atoms with van der Waals surface area (Å²) in [5.74, 6) is 3.24. The van der Waals surface area contributed by atoms with E-state index in [4.69, 9.17) is 15.9 Å². The van der Waals surface area contributed by atoms with Gasteiger partial charge in [-0.1, -0.05) is 38.7 Å². The molecule has 0 aromatic heterocycles. The topological polar surface area (TPSA) is 93.7 Å². The van der Waals surface area contributed by atoms with Gasteiger partial charge in [-0.05, 0) is 36.5 Å². The third kappa shape index (κ3) is 6.64. The highest BCUT2D eigenvalue weighted by Gasteiger charge is 2.32. The fourth-order valence-electron chi connectivity index (χ4n) is 3.85. The number of carbonyl (C=O) groups excluding carboxylic acids is 1. The highest BCUT2D eigenvalue weighted by Crippen LogP contribution is 2.37. The van der Waals surface area contributed by atoms with Gasteiger partial charge < -0.3 is 14.8 Å². The molecule has 1 amide bonds. The summed E-state index contributed by atoms with van der Waals surface area (Å²) in [6.45, 7) is 3.79. The second kappa shape index (κ2) is 10.7. The number of sulfonamides is 1. The van der Waals surface area contributed by atoms with Crippen molar-refractivity contribution < 1.29 is 22.7 Å². The fourth-order valence-corrected chi connectivity index (χ4v) is 4.69. The quantitative estimate of drug-likeness (QED) is 0.580. The van der Waals surface area contributed by atoms with E-state index in [0.29, 0.717) is 11.5 Å². The zero-order valence-electron chi connectivity index (χ0n) is 18.1. The van der Waals surface area contributed by atoms with Crippen molar-refractivity contribution in [3.05, 3.63) is 23.8 Å². The first-order valence-electron chi connectivity index (χ1n) is 10.2. The molecule has 1 aliphatic carbocycles. The Morgan fingerprint density at radius 3 is 2.57 bits per heavy atom. The molecule has 0 saturated heterocycles. The lowest BCUT2D eigenvalue weighted by Crippen LogP contribution is -2.53. The number of methoxy groups -OCH3 is 1. The Balaban J connectivity index is 2.22. The molecule has 1 aromatic carbocycles. The lowest BCUT2D eigenvalue weighted by atomic mass is 9.79. The number of hydrogen-bond donors (Lipinski definition) is 2. The third-order valence-corrected chi connectivity index (χ3v) is 5.99. The van der Waals surface area contributed by atoms with Gasteiger partial charge in [0.15, 0.2) is 11.5 Å². The number of terminal acetylenes is 1. The monoisotopic (exact) mass is 436 g/mol. The second-order valence-corrected chi connectivity index (χ2v) is 9.80. The molecule has 2 N–H and O–H groups in total. The Morgan fingerprint density at radius 1 is 1.27 bits per heavy atom. The molecular weight excluding hydrogens is 404 g/mol. The van der Waals surface area contributed by atoms with Gasteiger partial charge in [-0.2, -0.15) is 0 Å². The van der Waals surface area contributed by atoms with Crippen LogP contribution in [0.25, 0.3) is 0 Å². The van der Waals surface area contributed by atoms with Crippen molar-refractivity contribution in [3.8, 4) is 23.8 Å². The molecule has 3 atom stereocenters. The zero-order chi connectivity index (χ0) is 22.3. The largest absolute Gasteiger partial charge is 0.493 e. The van der Waals surface area contributed by atoms with Crippen LogP contribution in [-0.4, -0.2) is 46.4 Å². The van der Waals surface area contributed by atoms with Gasteiger partial charge in [0, 0.05) is 12.0 Å². The van der Waals surface area contributed by atoms with E-state index in [1.54, 1.807) is 7.11 Å². The Kier molecular flexibility index (Phi) is 8.56. The number of rotatable bonds is 9. The molecule has 8 heteroatoms. The molecular formula is C22H32N2O5S. The Hall–Kier alpha value is -2.24.